The van der Waals surface area contributed by atoms with Crippen LogP contribution in [0, 0.1) is 0 Å². The van der Waals surface area contributed by atoms with Crippen LogP contribution in [0.25, 0.3) is 0 Å². The lowest BCUT2D eigenvalue weighted by Gasteiger charge is -2.21. The third-order valence-electron chi connectivity index (χ3n) is 16.0. The van der Waals surface area contributed by atoms with E-state index in [9.17, 15) is 28.9 Å². The molecule has 2 N–H and O–H groups in total. The second-order valence-corrected chi connectivity index (χ2v) is 25.9. The van der Waals surface area contributed by atoms with Crippen LogP contribution >= 0.6 is 7.82 Å². The van der Waals surface area contributed by atoms with Gasteiger partial charge in [0.25, 0.3) is 0 Å². The zero-order chi connectivity index (χ0) is 61.2. The Labute approximate surface area is 518 Å². The second-order valence-electron chi connectivity index (χ2n) is 24.4. The number of aliphatic hydroxyl groups is 1. The van der Waals surface area contributed by atoms with Crippen LogP contribution in [0.15, 0.2) is 36.5 Å². The lowest BCUT2D eigenvalue weighted by molar-refractivity contribution is -0.161. The van der Waals surface area contributed by atoms with Crippen molar-refractivity contribution in [1.82, 2.24) is 0 Å². The molecule has 0 aromatic heterocycles. The van der Waals surface area contributed by atoms with E-state index in [2.05, 4.69) is 57.2 Å². The number of phosphoric acid groups is 1. The first-order chi connectivity index (χ1) is 41.2. The van der Waals surface area contributed by atoms with Gasteiger partial charge in [0.2, 0.25) is 0 Å². The van der Waals surface area contributed by atoms with Crippen molar-refractivity contribution in [3.8, 4) is 0 Å². The van der Waals surface area contributed by atoms with Gasteiger partial charge >= 0.3 is 25.7 Å². The van der Waals surface area contributed by atoms with Crippen molar-refractivity contribution in [3.63, 3.8) is 0 Å². The van der Waals surface area contributed by atoms with Crippen LogP contribution in [-0.4, -0.2) is 66.5 Å². The minimum atomic E-state index is -4.76. The van der Waals surface area contributed by atoms with E-state index in [1.54, 1.807) is 0 Å². The van der Waals surface area contributed by atoms with Crippen molar-refractivity contribution in [2.45, 2.75) is 380 Å². The Morgan fingerprint density at radius 1 is 0.333 bits per heavy atom. The molecule has 0 fully saturated rings. The lowest BCUT2D eigenvalue weighted by atomic mass is 10.0. The first-order valence-corrected chi connectivity index (χ1v) is 37.4. The molecule has 11 nitrogen and oxygen atoms in total. The summed E-state index contributed by atoms with van der Waals surface area (Å²) in [6, 6.07) is 0. The highest BCUT2D eigenvalue weighted by Gasteiger charge is 2.28. The van der Waals surface area contributed by atoms with Gasteiger partial charge in [0.05, 0.1) is 19.8 Å². The van der Waals surface area contributed by atoms with Crippen molar-refractivity contribution in [1.29, 1.82) is 0 Å². The molecular formula is C72H135O11P. The highest BCUT2D eigenvalue weighted by molar-refractivity contribution is 7.47. The van der Waals surface area contributed by atoms with Crippen LogP contribution in [0.2, 0.25) is 0 Å². The van der Waals surface area contributed by atoms with Gasteiger partial charge in [-0.3, -0.25) is 23.4 Å². The Morgan fingerprint density at radius 3 is 0.917 bits per heavy atom. The number of esters is 3. The summed E-state index contributed by atoms with van der Waals surface area (Å²) in [5.41, 5.74) is 0. The number of hydrogen-bond donors (Lipinski definition) is 2. The molecule has 0 saturated carbocycles. The summed E-state index contributed by atoms with van der Waals surface area (Å²) in [5.74, 6) is -1.44. The minimum Gasteiger partial charge on any atom is -0.462 e. The molecule has 84 heavy (non-hydrogen) atoms. The van der Waals surface area contributed by atoms with E-state index in [-0.39, 0.29) is 25.9 Å². The number of carbonyl (C=O) groups excluding carboxylic acids is 3. The van der Waals surface area contributed by atoms with E-state index in [0.717, 1.165) is 70.6 Å². The van der Waals surface area contributed by atoms with Crippen LogP contribution in [-0.2, 0) is 42.2 Å². The van der Waals surface area contributed by atoms with E-state index >= 15 is 0 Å². The molecule has 0 amide bonds. The summed E-state index contributed by atoms with van der Waals surface area (Å²) >= 11 is 0. The van der Waals surface area contributed by atoms with Crippen LogP contribution in [0.5, 0.6) is 0 Å². The molecule has 0 aliphatic heterocycles. The minimum absolute atomic E-state index is 0.167. The zero-order valence-corrected chi connectivity index (χ0v) is 56.0. The van der Waals surface area contributed by atoms with E-state index < -0.39 is 57.8 Å². The predicted octanol–water partition coefficient (Wildman–Crippen LogP) is 22.3. The number of hydrogen-bond acceptors (Lipinski definition) is 10. The van der Waals surface area contributed by atoms with E-state index in [1.165, 1.54) is 238 Å². The number of aliphatic hydroxyl groups excluding tert-OH is 1. The molecule has 0 aliphatic carbocycles. The maximum atomic E-state index is 13.0. The largest absolute Gasteiger partial charge is 0.472 e. The topological polar surface area (TPSA) is 155 Å². The molecule has 0 aromatic rings. The Bertz CT molecular complexity index is 1550. The molecule has 0 aliphatic rings. The summed E-state index contributed by atoms with van der Waals surface area (Å²) in [7, 11) is -4.76. The summed E-state index contributed by atoms with van der Waals surface area (Å²) in [6.07, 6.45) is 73.8. The zero-order valence-electron chi connectivity index (χ0n) is 55.1. The van der Waals surface area contributed by atoms with Crippen molar-refractivity contribution >= 4 is 25.7 Å². The third-order valence-corrected chi connectivity index (χ3v) is 17.0. The average Bonchev–Trinajstić information content (AvgIpc) is 3.53. The molecule has 0 radical (unpaired) electrons. The molecule has 0 spiro atoms. The van der Waals surface area contributed by atoms with Gasteiger partial charge in [0, 0.05) is 19.3 Å². The highest BCUT2D eigenvalue weighted by Crippen LogP contribution is 2.43. The molecule has 0 aromatic carbocycles. The molecule has 0 heterocycles. The van der Waals surface area contributed by atoms with Gasteiger partial charge in [-0.25, -0.2) is 4.57 Å². The number of unbranched alkanes of at least 4 members (excludes halogenated alkanes) is 45. The molecule has 0 saturated heterocycles. The van der Waals surface area contributed by atoms with Crippen LogP contribution < -0.4 is 0 Å². The maximum Gasteiger partial charge on any atom is 0.472 e. The van der Waals surface area contributed by atoms with Gasteiger partial charge in [-0.05, 0) is 77.0 Å². The lowest BCUT2D eigenvalue weighted by Crippen LogP contribution is -2.30. The van der Waals surface area contributed by atoms with Crippen molar-refractivity contribution in [2.24, 2.45) is 0 Å². The Hall–Kier alpha value is -2.30. The maximum absolute atomic E-state index is 13.0. The van der Waals surface area contributed by atoms with Gasteiger partial charge in [0.1, 0.15) is 12.7 Å². The predicted molar refractivity (Wildman–Crippen MR) is 353 cm³/mol. The molecule has 494 valence electrons. The van der Waals surface area contributed by atoms with Gasteiger partial charge < -0.3 is 24.2 Å². The van der Waals surface area contributed by atoms with Crippen LogP contribution in [0.1, 0.15) is 367 Å². The third kappa shape index (κ3) is 64.2. The number of rotatable bonds is 68. The fourth-order valence-corrected chi connectivity index (χ4v) is 11.3. The Morgan fingerprint density at radius 2 is 0.583 bits per heavy atom. The standard InChI is InChI=1S/C72H135O11P/c1-4-7-10-13-16-19-22-25-28-31-34-37-40-43-46-49-52-55-58-61-70(74)79-65-69(83-72(76)63-60-57-54-51-48-45-42-39-36-33-30-27-24-21-18-15-12-9-6-3)67-81-84(77,78)80-66-68(64-73)82-71(75)62-59-56-53-50-47-44-41-38-35-32-29-26-23-20-17-14-11-8-5-2/h18,21,26-27,29-30,68-69,73H,4-17,19-20,22-25,28,31-67H2,1-3H3,(H,77,78)/b21-18-,29-26-,30-27-. The van der Waals surface area contributed by atoms with Gasteiger partial charge in [-0.1, -0.05) is 308 Å². The number of ether oxygens (including phenoxy) is 3. The van der Waals surface area contributed by atoms with Crippen molar-refractivity contribution < 1.29 is 52.2 Å². The molecule has 0 bridgehead atoms. The second kappa shape index (κ2) is 66.6. The van der Waals surface area contributed by atoms with Crippen LogP contribution in [0.3, 0.4) is 0 Å². The van der Waals surface area contributed by atoms with Crippen molar-refractivity contribution in [3.05, 3.63) is 36.5 Å². The average molecular weight is 1210 g/mol. The number of phosphoric ester groups is 1. The fourth-order valence-electron chi connectivity index (χ4n) is 10.6. The Balaban J connectivity index is 4.63. The van der Waals surface area contributed by atoms with Gasteiger partial charge in [0.15, 0.2) is 6.10 Å². The summed E-state index contributed by atoms with van der Waals surface area (Å²) < 4.78 is 39.9. The SMILES string of the molecule is CCCCC/C=C\C/C=C\CCCCCCCCCCCC(=O)OC(COC(=O)CCCCCCCCCCCCCCCCCCCCC)COP(=O)(O)OCC(CO)OC(=O)CCCCCCCCCCC/C=C\CCCCCCCC. The molecule has 0 rings (SSSR count). The van der Waals surface area contributed by atoms with E-state index in [4.69, 9.17) is 23.3 Å². The molecule has 3 atom stereocenters. The highest BCUT2D eigenvalue weighted by atomic mass is 31.2. The van der Waals surface area contributed by atoms with Gasteiger partial charge in [-0.15, -0.1) is 0 Å². The number of carbonyl (C=O) groups is 3. The first-order valence-electron chi connectivity index (χ1n) is 35.9. The summed E-state index contributed by atoms with van der Waals surface area (Å²) in [6.45, 7) is 4.71. The normalized spacial score (nSPS) is 13.3. The molecule has 12 heteroatoms. The quantitative estimate of drug-likeness (QED) is 0.0197. The fraction of sp³-hybridized carbons (Fsp3) is 0.875. The summed E-state index contributed by atoms with van der Waals surface area (Å²) in [5, 5.41) is 9.89. The number of allylic oxidation sites excluding steroid dienone is 6. The van der Waals surface area contributed by atoms with Crippen LogP contribution in [0.4, 0.5) is 0 Å². The molecular weight excluding hydrogens is 1070 g/mol. The summed E-state index contributed by atoms with van der Waals surface area (Å²) in [4.78, 5) is 48.9. The Kier molecular flexibility index (Phi) is 64.8. The monoisotopic (exact) mass is 1210 g/mol. The smallest absolute Gasteiger partial charge is 0.462 e. The van der Waals surface area contributed by atoms with Gasteiger partial charge in [-0.2, -0.15) is 0 Å². The first kappa shape index (κ1) is 81.7. The van der Waals surface area contributed by atoms with E-state index in [1.807, 2.05) is 0 Å². The van der Waals surface area contributed by atoms with E-state index in [0.29, 0.717) is 19.3 Å². The van der Waals surface area contributed by atoms with Crippen molar-refractivity contribution in [2.75, 3.05) is 26.4 Å². The molecule has 3 unspecified atom stereocenters.